The summed E-state index contributed by atoms with van der Waals surface area (Å²) in [4.78, 5) is 26.2. The van der Waals surface area contributed by atoms with Gasteiger partial charge in [-0.15, -0.1) is 0 Å². The Morgan fingerprint density at radius 1 is 1.25 bits per heavy atom. The van der Waals surface area contributed by atoms with E-state index in [1.54, 1.807) is 19.1 Å². The number of fused-ring (bicyclic) bond motifs is 1. The molecule has 124 valence electrons. The number of hydrogen-bond acceptors (Lipinski definition) is 3. The maximum Gasteiger partial charge on any atom is 0.249 e. The number of carbonyl (C=O) groups excluding carboxylic acids is 2. The van der Waals surface area contributed by atoms with E-state index in [1.807, 2.05) is 37.3 Å². The van der Waals surface area contributed by atoms with Gasteiger partial charge in [0, 0.05) is 10.7 Å². The lowest BCUT2D eigenvalue weighted by Gasteiger charge is -2.31. The average Bonchev–Trinajstić information content (AvgIpc) is 2.57. The molecule has 0 saturated heterocycles. The van der Waals surface area contributed by atoms with Gasteiger partial charge in [-0.2, -0.15) is 0 Å². The summed E-state index contributed by atoms with van der Waals surface area (Å²) < 4.78 is 0. The van der Waals surface area contributed by atoms with E-state index in [-0.39, 0.29) is 18.4 Å². The van der Waals surface area contributed by atoms with Crippen LogP contribution in [0, 0.1) is 6.92 Å². The number of amides is 2. The van der Waals surface area contributed by atoms with E-state index < -0.39 is 6.04 Å². The zero-order valence-electron chi connectivity index (χ0n) is 13.5. The second-order valence-corrected chi connectivity index (χ2v) is 6.18. The van der Waals surface area contributed by atoms with Gasteiger partial charge >= 0.3 is 0 Å². The zero-order valence-corrected chi connectivity index (χ0v) is 14.2. The first-order chi connectivity index (χ1) is 11.5. The molecule has 0 unspecified atom stereocenters. The lowest BCUT2D eigenvalue weighted by atomic mass is 10.1. The van der Waals surface area contributed by atoms with Gasteiger partial charge in [-0.1, -0.05) is 29.8 Å². The summed E-state index contributed by atoms with van der Waals surface area (Å²) in [5.41, 5.74) is 3.04. The number of benzene rings is 2. The van der Waals surface area contributed by atoms with Crippen molar-refractivity contribution in [2.45, 2.75) is 19.9 Å². The first-order valence-corrected chi connectivity index (χ1v) is 8.07. The van der Waals surface area contributed by atoms with Crippen molar-refractivity contribution >= 4 is 40.5 Å². The van der Waals surface area contributed by atoms with Gasteiger partial charge in [-0.25, -0.2) is 0 Å². The van der Waals surface area contributed by atoms with Gasteiger partial charge in [0.1, 0.15) is 12.6 Å². The molecule has 0 saturated carbocycles. The molecule has 2 amide bonds. The van der Waals surface area contributed by atoms with Gasteiger partial charge in [-0.3, -0.25) is 14.5 Å². The van der Waals surface area contributed by atoms with Crippen LogP contribution in [0.15, 0.2) is 42.5 Å². The molecule has 5 nitrogen and oxygen atoms in total. The van der Waals surface area contributed by atoms with E-state index in [1.165, 1.54) is 4.90 Å². The van der Waals surface area contributed by atoms with Crippen molar-refractivity contribution < 1.29 is 9.59 Å². The van der Waals surface area contributed by atoms with Gasteiger partial charge in [-0.05, 0) is 43.7 Å². The molecule has 3 rings (SSSR count). The Morgan fingerprint density at radius 2 is 2.00 bits per heavy atom. The summed E-state index contributed by atoms with van der Waals surface area (Å²) in [7, 11) is 0. The van der Waals surface area contributed by atoms with Crippen LogP contribution >= 0.6 is 11.6 Å². The van der Waals surface area contributed by atoms with Crippen LogP contribution in [0.5, 0.6) is 0 Å². The highest BCUT2D eigenvalue weighted by atomic mass is 35.5. The summed E-state index contributed by atoms with van der Waals surface area (Å²) in [6, 6.07) is 12.3. The normalized spacial score (nSPS) is 14.6. The fourth-order valence-electron chi connectivity index (χ4n) is 2.72. The second-order valence-electron chi connectivity index (χ2n) is 5.77. The van der Waals surface area contributed by atoms with Gasteiger partial charge in [0.25, 0.3) is 0 Å². The van der Waals surface area contributed by atoms with Crippen LogP contribution in [0.25, 0.3) is 0 Å². The Balaban J connectivity index is 1.84. The third-order valence-corrected chi connectivity index (χ3v) is 4.46. The molecule has 1 aliphatic rings. The SMILES string of the molecule is Cc1c(Cl)cccc1N[C@H](C)C(=O)N1CC(=O)Nc2ccccc21. The van der Waals surface area contributed by atoms with Crippen LogP contribution in [0.4, 0.5) is 17.1 Å². The molecule has 6 heteroatoms. The molecule has 0 aromatic heterocycles. The molecule has 2 N–H and O–H groups in total. The Hall–Kier alpha value is -2.53. The van der Waals surface area contributed by atoms with Crippen molar-refractivity contribution in [2.75, 3.05) is 22.1 Å². The summed E-state index contributed by atoms with van der Waals surface area (Å²) in [6.07, 6.45) is 0. The molecule has 1 aliphatic heterocycles. The molecule has 2 aromatic carbocycles. The third-order valence-electron chi connectivity index (χ3n) is 4.05. The molecular weight excluding hydrogens is 326 g/mol. The highest BCUT2D eigenvalue weighted by Crippen LogP contribution is 2.30. The van der Waals surface area contributed by atoms with E-state index in [9.17, 15) is 9.59 Å². The van der Waals surface area contributed by atoms with Crippen molar-refractivity contribution in [1.29, 1.82) is 0 Å². The number of nitrogens with zero attached hydrogens (tertiary/aromatic N) is 1. The summed E-state index contributed by atoms with van der Waals surface area (Å²) in [5, 5.41) is 6.61. The van der Waals surface area contributed by atoms with Crippen LogP contribution < -0.4 is 15.5 Å². The van der Waals surface area contributed by atoms with Gasteiger partial charge in [0.15, 0.2) is 0 Å². The van der Waals surface area contributed by atoms with Crippen molar-refractivity contribution in [3.05, 3.63) is 53.1 Å². The molecular formula is C18H18ClN3O2. The van der Waals surface area contributed by atoms with Gasteiger partial charge in [0.2, 0.25) is 11.8 Å². The summed E-state index contributed by atoms with van der Waals surface area (Å²) in [6.45, 7) is 3.68. The molecule has 1 atom stereocenters. The molecule has 0 spiro atoms. The van der Waals surface area contributed by atoms with Crippen molar-refractivity contribution in [1.82, 2.24) is 0 Å². The highest BCUT2D eigenvalue weighted by molar-refractivity contribution is 6.31. The third kappa shape index (κ3) is 3.08. The number of rotatable bonds is 3. The van der Waals surface area contributed by atoms with E-state index in [0.717, 1.165) is 11.3 Å². The maximum atomic E-state index is 12.9. The van der Waals surface area contributed by atoms with Crippen LogP contribution in [-0.4, -0.2) is 24.4 Å². The van der Waals surface area contributed by atoms with Crippen LogP contribution in [0.2, 0.25) is 5.02 Å². The van der Waals surface area contributed by atoms with Gasteiger partial charge < -0.3 is 10.6 Å². The molecule has 0 aliphatic carbocycles. The van der Waals surface area contributed by atoms with Gasteiger partial charge in [0.05, 0.1) is 11.4 Å². The fraction of sp³-hybridized carbons (Fsp3) is 0.222. The van der Waals surface area contributed by atoms with Crippen molar-refractivity contribution in [3.8, 4) is 0 Å². The molecule has 2 aromatic rings. The van der Waals surface area contributed by atoms with E-state index in [0.29, 0.717) is 16.4 Å². The quantitative estimate of drug-likeness (QED) is 0.897. The average molecular weight is 344 g/mol. The predicted molar refractivity (Wildman–Crippen MR) is 96.7 cm³/mol. The number of hydrogen-bond donors (Lipinski definition) is 2. The lowest BCUT2D eigenvalue weighted by molar-refractivity contribution is -0.122. The summed E-state index contributed by atoms with van der Waals surface area (Å²) >= 11 is 6.12. The van der Waals surface area contributed by atoms with Crippen LogP contribution in [0.1, 0.15) is 12.5 Å². The van der Waals surface area contributed by atoms with E-state index in [4.69, 9.17) is 11.6 Å². The molecule has 0 bridgehead atoms. The lowest BCUT2D eigenvalue weighted by Crippen LogP contribution is -2.47. The minimum Gasteiger partial charge on any atom is -0.374 e. The molecule has 0 fully saturated rings. The second kappa shape index (κ2) is 6.53. The predicted octanol–water partition coefficient (Wildman–Crippen LogP) is 3.43. The Bertz CT molecular complexity index is 807. The Kier molecular flexibility index (Phi) is 4.44. The minimum absolute atomic E-state index is 0.0103. The van der Waals surface area contributed by atoms with Crippen molar-refractivity contribution in [3.63, 3.8) is 0 Å². The smallest absolute Gasteiger partial charge is 0.249 e. The highest BCUT2D eigenvalue weighted by Gasteiger charge is 2.29. The number of nitrogens with one attached hydrogen (secondary N) is 2. The molecule has 0 radical (unpaired) electrons. The molecule has 1 heterocycles. The number of para-hydroxylation sites is 2. The number of halogens is 1. The largest absolute Gasteiger partial charge is 0.374 e. The summed E-state index contributed by atoms with van der Waals surface area (Å²) in [5.74, 6) is -0.370. The monoisotopic (exact) mass is 343 g/mol. The van der Waals surface area contributed by atoms with E-state index in [2.05, 4.69) is 10.6 Å². The van der Waals surface area contributed by atoms with Crippen LogP contribution in [0.3, 0.4) is 0 Å². The Morgan fingerprint density at radius 3 is 2.79 bits per heavy atom. The maximum absolute atomic E-state index is 12.9. The first kappa shape index (κ1) is 16.3. The standard InChI is InChI=1S/C18H18ClN3O2/c1-11-13(19)6-5-8-14(11)20-12(2)18(24)22-10-17(23)21-15-7-3-4-9-16(15)22/h3-9,12,20H,10H2,1-2H3,(H,21,23)/t12-/m1/s1. The minimum atomic E-state index is -0.499. The van der Waals surface area contributed by atoms with Crippen LogP contribution in [-0.2, 0) is 9.59 Å². The number of carbonyl (C=O) groups is 2. The Labute approximate surface area is 145 Å². The topological polar surface area (TPSA) is 61.4 Å². The first-order valence-electron chi connectivity index (χ1n) is 7.69. The number of anilines is 3. The van der Waals surface area contributed by atoms with Crippen molar-refractivity contribution in [2.24, 2.45) is 0 Å². The molecule has 24 heavy (non-hydrogen) atoms. The zero-order chi connectivity index (χ0) is 17.3. The fourth-order valence-corrected chi connectivity index (χ4v) is 2.90. The van der Waals surface area contributed by atoms with E-state index >= 15 is 0 Å².